The lowest BCUT2D eigenvalue weighted by molar-refractivity contribution is -0.146. The van der Waals surface area contributed by atoms with Crippen LogP contribution < -0.4 is 5.32 Å². The third kappa shape index (κ3) is 3.95. The van der Waals surface area contributed by atoms with Gasteiger partial charge in [-0.2, -0.15) is 0 Å². The lowest BCUT2D eigenvalue weighted by Gasteiger charge is -2.37. The molecule has 21 heavy (non-hydrogen) atoms. The molecule has 1 saturated heterocycles. The van der Waals surface area contributed by atoms with Gasteiger partial charge in [0.2, 0.25) is 5.91 Å². The fourth-order valence-corrected chi connectivity index (χ4v) is 3.53. The van der Waals surface area contributed by atoms with Crippen molar-refractivity contribution < 1.29 is 14.7 Å². The fourth-order valence-electron chi connectivity index (χ4n) is 3.53. The van der Waals surface area contributed by atoms with Gasteiger partial charge >= 0.3 is 5.97 Å². The molecule has 2 N–H and O–H groups in total. The van der Waals surface area contributed by atoms with Crippen LogP contribution in [0, 0.1) is 17.8 Å². The molecule has 2 fully saturated rings. The molecule has 0 radical (unpaired) electrons. The van der Waals surface area contributed by atoms with E-state index in [-0.39, 0.29) is 11.8 Å². The van der Waals surface area contributed by atoms with E-state index >= 15 is 0 Å². The maximum Gasteiger partial charge on any atom is 0.307 e. The summed E-state index contributed by atoms with van der Waals surface area (Å²) in [6, 6.07) is 0.301. The number of hydrogen-bond acceptors (Lipinski definition) is 4. The highest BCUT2D eigenvalue weighted by molar-refractivity contribution is 5.85. The molecule has 6 nitrogen and oxygen atoms in total. The molecule has 2 rings (SSSR count). The molecule has 120 valence electrons. The first kappa shape index (κ1) is 16.2. The Labute approximate surface area is 126 Å². The van der Waals surface area contributed by atoms with Crippen LogP contribution >= 0.6 is 0 Å². The van der Waals surface area contributed by atoms with Crippen molar-refractivity contribution in [1.29, 1.82) is 0 Å². The topological polar surface area (TPSA) is 72.9 Å². The molecule has 0 aromatic heterocycles. The summed E-state index contributed by atoms with van der Waals surface area (Å²) < 4.78 is 0. The number of amides is 1. The Morgan fingerprint density at radius 2 is 1.86 bits per heavy atom. The maximum absolute atomic E-state index is 12.3. The number of rotatable bonds is 4. The third-order valence-corrected chi connectivity index (χ3v) is 4.94. The van der Waals surface area contributed by atoms with Crippen LogP contribution in [0.25, 0.3) is 0 Å². The number of nitrogens with one attached hydrogen (secondary N) is 1. The van der Waals surface area contributed by atoms with Crippen molar-refractivity contribution in [3.63, 3.8) is 0 Å². The van der Waals surface area contributed by atoms with E-state index in [1.165, 1.54) is 0 Å². The van der Waals surface area contributed by atoms with Gasteiger partial charge in [0.25, 0.3) is 0 Å². The van der Waals surface area contributed by atoms with E-state index in [0.29, 0.717) is 31.3 Å². The number of piperazine rings is 1. The average Bonchev–Trinajstić information content (AvgIpc) is 2.82. The summed E-state index contributed by atoms with van der Waals surface area (Å²) in [5.74, 6) is -1.51. The van der Waals surface area contributed by atoms with Gasteiger partial charge in [-0.05, 0) is 32.9 Å². The van der Waals surface area contributed by atoms with Crippen molar-refractivity contribution in [2.75, 3.05) is 40.3 Å². The minimum atomic E-state index is -0.839. The molecule has 6 heteroatoms. The van der Waals surface area contributed by atoms with Crippen LogP contribution in [-0.2, 0) is 9.59 Å². The summed E-state index contributed by atoms with van der Waals surface area (Å²) in [4.78, 5) is 28.1. The average molecular weight is 297 g/mol. The smallest absolute Gasteiger partial charge is 0.307 e. The number of aliphatic carboxylic acids is 1. The maximum atomic E-state index is 12.3. The van der Waals surface area contributed by atoms with Crippen molar-refractivity contribution in [2.24, 2.45) is 17.8 Å². The predicted octanol–water partition coefficient (Wildman–Crippen LogP) is 0.0953. The number of nitrogens with zero attached hydrogens (tertiary/aromatic N) is 2. The highest BCUT2D eigenvalue weighted by Crippen LogP contribution is 2.36. The Kier molecular flexibility index (Phi) is 5.22. The lowest BCUT2D eigenvalue weighted by atomic mass is 9.95. The van der Waals surface area contributed by atoms with Crippen molar-refractivity contribution in [2.45, 2.75) is 25.8 Å². The molecule has 1 aliphatic carbocycles. The van der Waals surface area contributed by atoms with Gasteiger partial charge in [0.1, 0.15) is 0 Å². The Hall–Kier alpha value is -1.14. The Bertz CT molecular complexity index is 402. The first-order valence-corrected chi connectivity index (χ1v) is 7.77. The van der Waals surface area contributed by atoms with E-state index in [1.807, 2.05) is 6.92 Å². The summed E-state index contributed by atoms with van der Waals surface area (Å²) in [6.07, 6.45) is 1.29. The van der Waals surface area contributed by atoms with E-state index in [9.17, 15) is 14.7 Å². The summed E-state index contributed by atoms with van der Waals surface area (Å²) >= 11 is 0. The van der Waals surface area contributed by atoms with Crippen LogP contribution in [-0.4, -0.2) is 73.1 Å². The van der Waals surface area contributed by atoms with E-state index in [2.05, 4.69) is 29.2 Å². The molecule has 0 spiro atoms. The zero-order valence-electron chi connectivity index (χ0n) is 13.2. The van der Waals surface area contributed by atoms with Crippen molar-refractivity contribution in [3.05, 3.63) is 0 Å². The summed E-state index contributed by atoms with van der Waals surface area (Å²) in [6.45, 7) is 5.58. The summed E-state index contributed by atoms with van der Waals surface area (Å²) in [5.41, 5.74) is 0. The SMILES string of the molecule is CC1CC(C(=O)O)C(C(=O)NCC2CN(C)CCN2C)C1. The van der Waals surface area contributed by atoms with Gasteiger partial charge in [0, 0.05) is 32.2 Å². The Morgan fingerprint density at radius 3 is 2.52 bits per heavy atom. The Balaban J connectivity index is 1.87. The lowest BCUT2D eigenvalue weighted by Crippen LogP contribution is -2.55. The molecule has 0 aromatic rings. The zero-order chi connectivity index (χ0) is 15.6. The van der Waals surface area contributed by atoms with Crippen molar-refractivity contribution in [1.82, 2.24) is 15.1 Å². The number of carboxylic acid groups (broad SMARTS) is 1. The second-order valence-corrected chi connectivity index (χ2v) is 6.77. The molecule has 1 aliphatic heterocycles. The van der Waals surface area contributed by atoms with Gasteiger partial charge in [-0.1, -0.05) is 6.92 Å². The van der Waals surface area contributed by atoms with Gasteiger partial charge in [0.15, 0.2) is 0 Å². The van der Waals surface area contributed by atoms with Gasteiger partial charge in [-0.25, -0.2) is 0 Å². The third-order valence-electron chi connectivity index (χ3n) is 4.94. The molecule has 1 heterocycles. The van der Waals surface area contributed by atoms with Gasteiger partial charge in [0.05, 0.1) is 11.8 Å². The minimum absolute atomic E-state index is 0.0895. The summed E-state index contributed by atoms with van der Waals surface area (Å²) in [7, 11) is 4.16. The first-order valence-electron chi connectivity index (χ1n) is 7.77. The molecule has 2 aliphatic rings. The highest BCUT2D eigenvalue weighted by Gasteiger charge is 2.41. The molecular weight excluding hydrogens is 270 g/mol. The van der Waals surface area contributed by atoms with Crippen LogP contribution in [0.3, 0.4) is 0 Å². The van der Waals surface area contributed by atoms with Gasteiger partial charge < -0.3 is 15.3 Å². The predicted molar refractivity (Wildman–Crippen MR) is 79.9 cm³/mol. The van der Waals surface area contributed by atoms with E-state index in [0.717, 1.165) is 19.6 Å². The number of hydrogen-bond donors (Lipinski definition) is 2. The molecule has 4 atom stereocenters. The summed E-state index contributed by atoms with van der Waals surface area (Å²) in [5, 5.41) is 12.2. The van der Waals surface area contributed by atoms with Gasteiger partial charge in [-0.3, -0.25) is 14.5 Å². The van der Waals surface area contributed by atoms with E-state index < -0.39 is 11.9 Å². The van der Waals surface area contributed by atoms with Crippen molar-refractivity contribution in [3.8, 4) is 0 Å². The molecule has 0 aromatic carbocycles. The number of likely N-dealkylation sites (N-methyl/N-ethyl adjacent to an activating group) is 2. The number of carbonyl (C=O) groups is 2. The molecule has 4 unspecified atom stereocenters. The molecule has 0 bridgehead atoms. The van der Waals surface area contributed by atoms with E-state index in [1.54, 1.807) is 0 Å². The normalized spacial score (nSPS) is 34.8. The zero-order valence-corrected chi connectivity index (χ0v) is 13.2. The number of carbonyl (C=O) groups excluding carboxylic acids is 1. The molecule has 1 saturated carbocycles. The van der Waals surface area contributed by atoms with Crippen LogP contribution in [0.15, 0.2) is 0 Å². The quantitative estimate of drug-likeness (QED) is 0.770. The number of carboxylic acids is 1. The Morgan fingerprint density at radius 1 is 1.19 bits per heavy atom. The second-order valence-electron chi connectivity index (χ2n) is 6.77. The van der Waals surface area contributed by atoms with E-state index in [4.69, 9.17) is 0 Å². The van der Waals surface area contributed by atoms with Crippen LogP contribution in [0.5, 0.6) is 0 Å². The standard InChI is InChI=1S/C15H27N3O3/c1-10-6-12(13(7-10)15(20)21)14(19)16-8-11-9-17(2)4-5-18(11)3/h10-13H,4-9H2,1-3H3,(H,16,19)(H,20,21). The largest absolute Gasteiger partial charge is 0.481 e. The second kappa shape index (κ2) is 6.75. The highest BCUT2D eigenvalue weighted by atomic mass is 16.4. The minimum Gasteiger partial charge on any atom is -0.481 e. The monoisotopic (exact) mass is 297 g/mol. The van der Waals surface area contributed by atoms with Gasteiger partial charge in [-0.15, -0.1) is 0 Å². The van der Waals surface area contributed by atoms with Crippen LogP contribution in [0.4, 0.5) is 0 Å². The first-order chi connectivity index (χ1) is 9.88. The molecule has 1 amide bonds. The van der Waals surface area contributed by atoms with Crippen molar-refractivity contribution >= 4 is 11.9 Å². The molecular formula is C15H27N3O3. The fraction of sp³-hybridized carbons (Fsp3) is 0.867. The van der Waals surface area contributed by atoms with Crippen LogP contribution in [0.2, 0.25) is 0 Å². The van der Waals surface area contributed by atoms with Crippen LogP contribution in [0.1, 0.15) is 19.8 Å².